The summed E-state index contributed by atoms with van der Waals surface area (Å²) in [4.78, 5) is 28.2. The Balaban J connectivity index is 1.95. The number of carboxylic acid groups (broad SMARTS) is 1. The molecule has 0 saturated carbocycles. The molecule has 0 radical (unpaired) electrons. The Labute approximate surface area is 115 Å². The fourth-order valence-corrected chi connectivity index (χ4v) is 2.84. The van der Waals surface area contributed by atoms with Crippen LogP contribution in [-0.2, 0) is 4.74 Å². The standard InChI is InChI=1S/C12H16N2O4S/c1-14(5-8-3-2-4-18-6-8)11(15)10-13-9(7-19-10)12(16)17/h7-8H,2-6H2,1H3,(H,16,17). The van der Waals surface area contributed by atoms with Crippen molar-refractivity contribution in [3.63, 3.8) is 0 Å². The zero-order chi connectivity index (χ0) is 13.8. The molecule has 0 aliphatic carbocycles. The SMILES string of the molecule is CN(CC1CCCOC1)C(=O)c1nc(C(=O)O)cs1. The minimum Gasteiger partial charge on any atom is -0.476 e. The predicted molar refractivity (Wildman–Crippen MR) is 69.6 cm³/mol. The van der Waals surface area contributed by atoms with Crippen LogP contribution in [0.25, 0.3) is 0 Å². The first-order valence-electron chi connectivity index (χ1n) is 6.10. The molecule has 19 heavy (non-hydrogen) atoms. The van der Waals surface area contributed by atoms with Crippen molar-refractivity contribution < 1.29 is 19.4 Å². The van der Waals surface area contributed by atoms with E-state index in [1.807, 2.05) is 0 Å². The maximum absolute atomic E-state index is 12.1. The molecule has 1 saturated heterocycles. The third-order valence-corrected chi connectivity index (χ3v) is 3.87. The summed E-state index contributed by atoms with van der Waals surface area (Å²) < 4.78 is 5.38. The molecule has 2 rings (SSSR count). The second-order valence-electron chi connectivity index (χ2n) is 4.61. The molecule has 7 heteroatoms. The van der Waals surface area contributed by atoms with Gasteiger partial charge >= 0.3 is 5.97 Å². The number of aromatic carboxylic acids is 1. The summed E-state index contributed by atoms with van der Waals surface area (Å²) in [5.41, 5.74) is -0.0808. The number of amides is 1. The van der Waals surface area contributed by atoms with Gasteiger partial charge in [0.1, 0.15) is 0 Å². The molecule has 0 aromatic carbocycles. The lowest BCUT2D eigenvalue weighted by molar-refractivity contribution is 0.0388. The van der Waals surface area contributed by atoms with Crippen LogP contribution in [0.1, 0.15) is 33.1 Å². The Bertz CT molecular complexity index is 468. The normalized spacial score (nSPS) is 19.1. The van der Waals surface area contributed by atoms with E-state index in [0.717, 1.165) is 30.8 Å². The van der Waals surface area contributed by atoms with Gasteiger partial charge in [0.15, 0.2) is 10.7 Å². The summed E-state index contributed by atoms with van der Waals surface area (Å²) >= 11 is 1.06. The highest BCUT2D eigenvalue weighted by Crippen LogP contribution is 2.17. The van der Waals surface area contributed by atoms with Crippen molar-refractivity contribution >= 4 is 23.2 Å². The van der Waals surface area contributed by atoms with E-state index in [2.05, 4.69) is 4.98 Å². The molecule has 0 spiro atoms. The molecule has 6 nitrogen and oxygen atoms in total. The van der Waals surface area contributed by atoms with Crippen LogP contribution in [0.5, 0.6) is 0 Å². The highest BCUT2D eigenvalue weighted by molar-refractivity contribution is 7.11. The first-order chi connectivity index (χ1) is 9.08. The Hall–Kier alpha value is -1.47. The van der Waals surface area contributed by atoms with Crippen LogP contribution in [0.2, 0.25) is 0 Å². The topological polar surface area (TPSA) is 79.7 Å². The first-order valence-corrected chi connectivity index (χ1v) is 6.98. The van der Waals surface area contributed by atoms with Crippen LogP contribution >= 0.6 is 11.3 Å². The van der Waals surface area contributed by atoms with Crippen molar-refractivity contribution in [2.45, 2.75) is 12.8 Å². The molecule has 1 fully saturated rings. The maximum Gasteiger partial charge on any atom is 0.355 e. The lowest BCUT2D eigenvalue weighted by Gasteiger charge is -2.26. The first kappa shape index (κ1) is 14.0. The molecule has 1 aliphatic heterocycles. The number of hydrogen-bond donors (Lipinski definition) is 1. The van der Waals surface area contributed by atoms with Crippen LogP contribution in [0.4, 0.5) is 0 Å². The molecule has 1 atom stereocenters. The Morgan fingerprint density at radius 1 is 1.63 bits per heavy atom. The molecule has 2 heterocycles. The third kappa shape index (κ3) is 3.51. The lowest BCUT2D eigenvalue weighted by Crippen LogP contribution is -2.35. The average Bonchev–Trinajstić information content (AvgIpc) is 2.88. The van der Waals surface area contributed by atoms with E-state index in [0.29, 0.717) is 19.1 Å². The Morgan fingerprint density at radius 3 is 3.00 bits per heavy atom. The fourth-order valence-electron chi connectivity index (χ4n) is 2.06. The predicted octanol–water partition coefficient (Wildman–Crippen LogP) is 1.34. The number of ether oxygens (including phenoxy) is 1. The summed E-state index contributed by atoms with van der Waals surface area (Å²) in [6.45, 7) is 2.08. The van der Waals surface area contributed by atoms with Gasteiger partial charge in [0, 0.05) is 25.6 Å². The smallest absolute Gasteiger partial charge is 0.355 e. The van der Waals surface area contributed by atoms with Gasteiger partial charge < -0.3 is 14.7 Å². The lowest BCUT2D eigenvalue weighted by atomic mass is 10.0. The third-order valence-electron chi connectivity index (χ3n) is 3.04. The largest absolute Gasteiger partial charge is 0.476 e. The highest BCUT2D eigenvalue weighted by Gasteiger charge is 2.22. The Morgan fingerprint density at radius 2 is 2.42 bits per heavy atom. The number of carboxylic acids is 1. The summed E-state index contributed by atoms with van der Waals surface area (Å²) in [6, 6.07) is 0. The van der Waals surface area contributed by atoms with Gasteiger partial charge in [0.2, 0.25) is 0 Å². The van der Waals surface area contributed by atoms with Gasteiger partial charge in [-0.05, 0) is 18.8 Å². The van der Waals surface area contributed by atoms with Crippen molar-refractivity contribution in [2.75, 3.05) is 26.8 Å². The number of nitrogens with zero attached hydrogens (tertiary/aromatic N) is 2. The number of carbonyl (C=O) groups excluding carboxylic acids is 1. The molecule has 1 unspecified atom stereocenters. The van der Waals surface area contributed by atoms with Gasteiger partial charge in [-0.1, -0.05) is 0 Å². The molecular weight excluding hydrogens is 268 g/mol. The number of thiazole rings is 1. The van der Waals surface area contributed by atoms with Gasteiger partial charge in [-0.15, -0.1) is 11.3 Å². The van der Waals surface area contributed by atoms with Crippen molar-refractivity contribution in [3.05, 3.63) is 16.1 Å². The van der Waals surface area contributed by atoms with Gasteiger partial charge in [-0.2, -0.15) is 0 Å². The summed E-state index contributed by atoms with van der Waals surface area (Å²) in [7, 11) is 1.71. The van der Waals surface area contributed by atoms with E-state index in [1.165, 1.54) is 5.38 Å². The molecule has 104 valence electrons. The quantitative estimate of drug-likeness (QED) is 0.902. The monoisotopic (exact) mass is 284 g/mol. The Kier molecular flexibility index (Phi) is 4.49. The second-order valence-corrected chi connectivity index (χ2v) is 5.47. The van der Waals surface area contributed by atoms with E-state index in [4.69, 9.17) is 9.84 Å². The van der Waals surface area contributed by atoms with E-state index in [9.17, 15) is 9.59 Å². The molecule has 1 aromatic rings. The molecule has 1 aromatic heterocycles. The minimum absolute atomic E-state index is 0.0808. The van der Waals surface area contributed by atoms with E-state index >= 15 is 0 Å². The fraction of sp³-hybridized carbons (Fsp3) is 0.583. The summed E-state index contributed by atoms with van der Waals surface area (Å²) in [5.74, 6) is -0.997. The van der Waals surface area contributed by atoms with Gasteiger partial charge in [-0.3, -0.25) is 4.79 Å². The molecular formula is C12H16N2O4S. The maximum atomic E-state index is 12.1. The highest BCUT2D eigenvalue weighted by atomic mass is 32.1. The van der Waals surface area contributed by atoms with Crippen molar-refractivity contribution in [1.29, 1.82) is 0 Å². The van der Waals surface area contributed by atoms with E-state index in [1.54, 1.807) is 11.9 Å². The van der Waals surface area contributed by atoms with E-state index in [-0.39, 0.29) is 16.6 Å². The van der Waals surface area contributed by atoms with Crippen LogP contribution in [-0.4, -0.2) is 53.7 Å². The number of hydrogen-bond acceptors (Lipinski definition) is 5. The van der Waals surface area contributed by atoms with Crippen molar-refractivity contribution in [3.8, 4) is 0 Å². The van der Waals surface area contributed by atoms with Crippen molar-refractivity contribution in [2.24, 2.45) is 5.92 Å². The number of rotatable bonds is 4. The van der Waals surface area contributed by atoms with Gasteiger partial charge in [-0.25, -0.2) is 9.78 Å². The molecule has 1 N–H and O–H groups in total. The van der Waals surface area contributed by atoms with Crippen LogP contribution < -0.4 is 0 Å². The second kappa shape index (κ2) is 6.12. The zero-order valence-corrected chi connectivity index (χ0v) is 11.5. The van der Waals surface area contributed by atoms with Gasteiger partial charge in [0.05, 0.1) is 6.61 Å². The molecule has 1 aliphatic rings. The van der Waals surface area contributed by atoms with Crippen molar-refractivity contribution in [1.82, 2.24) is 9.88 Å². The van der Waals surface area contributed by atoms with Crippen LogP contribution in [0.3, 0.4) is 0 Å². The minimum atomic E-state index is -1.11. The molecule has 0 bridgehead atoms. The summed E-state index contributed by atoms with van der Waals surface area (Å²) in [5, 5.41) is 10.4. The van der Waals surface area contributed by atoms with E-state index < -0.39 is 5.97 Å². The average molecular weight is 284 g/mol. The zero-order valence-electron chi connectivity index (χ0n) is 10.7. The van der Waals surface area contributed by atoms with Crippen LogP contribution in [0.15, 0.2) is 5.38 Å². The summed E-state index contributed by atoms with van der Waals surface area (Å²) in [6.07, 6.45) is 2.07. The number of aromatic nitrogens is 1. The number of carbonyl (C=O) groups is 2. The van der Waals surface area contributed by atoms with Gasteiger partial charge in [0.25, 0.3) is 5.91 Å². The molecule has 1 amide bonds. The van der Waals surface area contributed by atoms with Crippen LogP contribution in [0, 0.1) is 5.92 Å².